The maximum absolute atomic E-state index is 14.1. The number of ether oxygens (including phenoxy) is 1. The van der Waals surface area contributed by atoms with Crippen LogP contribution in [0.25, 0.3) is 16.8 Å². The van der Waals surface area contributed by atoms with E-state index >= 15 is 0 Å². The number of hydrogen-bond acceptors (Lipinski definition) is 4. The molecule has 2 heterocycles. The van der Waals surface area contributed by atoms with E-state index in [1.54, 1.807) is 6.07 Å². The van der Waals surface area contributed by atoms with Gasteiger partial charge in [-0.05, 0) is 57.8 Å². The van der Waals surface area contributed by atoms with Gasteiger partial charge in [0.15, 0.2) is 0 Å². The molecule has 3 rings (SSSR count). The van der Waals surface area contributed by atoms with E-state index in [-0.39, 0.29) is 11.7 Å². The number of pyridine rings is 1. The van der Waals surface area contributed by atoms with E-state index in [4.69, 9.17) is 4.74 Å². The number of nitrogens with zero attached hydrogens (tertiary/aromatic N) is 3. The summed E-state index contributed by atoms with van der Waals surface area (Å²) in [7, 11) is 5.95. The Balaban J connectivity index is 1.94. The molecule has 5 nitrogen and oxygen atoms in total. The average Bonchev–Trinajstić information content (AvgIpc) is 3.13. The van der Waals surface area contributed by atoms with Crippen molar-refractivity contribution < 1.29 is 9.13 Å². The second-order valence-corrected chi connectivity index (χ2v) is 8.55. The Labute approximate surface area is 190 Å². The molecule has 32 heavy (non-hydrogen) atoms. The van der Waals surface area contributed by atoms with E-state index in [2.05, 4.69) is 33.1 Å². The van der Waals surface area contributed by atoms with Crippen molar-refractivity contribution in [2.45, 2.75) is 27.3 Å². The van der Waals surface area contributed by atoms with Crippen molar-refractivity contribution in [3.05, 3.63) is 77.7 Å². The van der Waals surface area contributed by atoms with Gasteiger partial charge in [0.1, 0.15) is 17.2 Å². The fourth-order valence-corrected chi connectivity index (χ4v) is 4.03. The van der Waals surface area contributed by atoms with Crippen LogP contribution in [0.1, 0.15) is 26.5 Å². The van der Waals surface area contributed by atoms with Gasteiger partial charge >= 0.3 is 0 Å². The minimum Gasteiger partial charge on any atom is -0.492 e. The molecule has 0 aliphatic heterocycles. The van der Waals surface area contributed by atoms with E-state index in [0.717, 1.165) is 45.9 Å². The van der Waals surface area contributed by atoms with Crippen molar-refractivity contribution in [3.63, 3.8) is 0 Å². The molecule has 170 valence electrons. The van der Waals surface area contributed by atoms with Crippen LogP contribution >= 0.6 is 0 Å². The summed E-state index contributed by atoms with van der Waals surface area (Å²) in [5, 5.41) is 3.20. The third-order valence-electron chi connectivity index (χ3n) is 5.54. The third kappa shape index (κ3) is 5.19. The number of allylic oxidation sites excluding steroid dienone is 2. The van der Waals surface area contributed by atoms with Gasteiger partial charge in [-0.1, -0.05) is 19.1 Å². The van der Waals surface area contributed by atoms with Gasteiger partial charge in [0.2, 0.25) is 0 Å². The Morgan fingerprint density at radius 3 is 2.66 bits per heavy atom. The first-order valence-corrected chi connectivity index (χ1v) is 10.8. The fraction of sp³-hybridized carbons (Fsp3) is 0.346. The van der Waals surface area contributed by atoms with Gasteiger partial charge in [0.05, 0.1) is 18.5 Å². The van der Waals surface area contributed by atoms with Crippen LogP contribution in [-0.4, -0.2) is 42.0 Å². The lowest BCUT2D eigenvalue weighted by Gasteiger charge is -2.21. The van der Waals surface area contributed by atoms with Gasteiger partial charge in [0, 0.05) is 48.6 Å². The Kier molecular flexibility index (Phi) is 7.36. The molecule has 0 spiro atoms. The molecule has 2 aromatic heterocycles. The van der Waals surface area contributed by atoms with E-state index in [1.165, 1.54) is 12.1 Å². The van der Waals surface area contributed by atoms with Gasteiger partial charge in [-0.3, -0.25) is 0 Å². The largest absolute Gasteiger partial charge is 0.492 e. The average molecular weight is 437 g/mol. The van der Waals surface area contributed by atoms with Gasteiger partial charge in [0.25, 0.3) is 0 Å². The van der Waals surface area contributed by atoms with Crippen molar-refractivity contribution >= 4 is 5.65 Å². The predicted molar refractivity (Wildman–Crippen MR) is 129 cm³/mol. The lowest BCUT2D eigenvalue weighted by atomic mass is 9.94. The summed E-state index contributed by atoms with van der Waals surface area (Å²) in [6.45, 7) is 11.4. The highest BCUT2D eigenvalue weighted by molar-refractivity contribution is 5.71. The van der Waals surface area contributed by atoms with Crippen LogP contribution in [0.4, 0.5) is 4.39 Å². The number of rotatable bonds is 9. The molecule has 0 saturated carbocycles. The van der Waals surface area contributed by atoms with Gasteiger partial charge in [-0.25, -0.2) is 9.37 Å². The maximum atomic E-state index is 14.1. The molecule has 0 unspecified atom stereocenters. The maximum Gasteiger partial charge on any atom is 0.136 e. The Morgan fingerprint density at radius 1 is 1.25 bits per heavy atom. The Morgan fingerprint density at radius 2 is 2.00 bits per heavy atom. The zero-order valence-corrected chi connectivity index (χ0v) is 19.9. The highest BCUT2D eigenvalue weighted by Gasteiger charge is 2.16. The predicted octanol–water partition coefficient (Wildman–Crippen LogP) is 5.29. The number of hydrogen-bond donors (Lipinski definition) is 1. The normalized spacial score (nSPS) is 13.2. The molecule has 0 saturated heterocycles. The summed E-state index contributed by atoms with van der Waals surface area (Å²) in [5.74, 6) is 0.294. The van der Waals surface area contributed by atoms with Gasteiger partial charge in [-0.2, -0.15) is 0 Å². The molecule has 0 fully saturated rings. The molecule has 3 aromatic rings. The minimum atomic E-state index is -0.324. The van der Waals surface area contributed by atoms with Crippen LogP contribution in [0, 0.1) is 11.7 Å². The molecule has 0 amide bonds. The number of fused-ring (bicyclic) bond motifs is 1. The van der Waals surface area contributed by atoms with E-state index in [0.29, 0.717) is 12.4 Å². The quantitative estimate of drug-likeness (QED) is 0.463. The summed E-state index contributed by atoms with van der Waals surface area (Å²) in [4.78, 5) is 6.59. The first-order valence-electron chi connectivity index (χ1n) is 10.8. The third-order valence-corrected chi connectivity index (χ3v) is 5.54. The van der Waals surface area contributed by atoms with E-state index < -0.39 is 0 Å². The van der Waals surface area contributed by atoms with Crippen LogP contribution in [0.5, 0.6) is 5.75 Å². The summed E-state index contributed by atoms with van der Waals surface area (Å²) in [6, 6.07) is 8.66. The van der Waals surface area contributed by atoms with Crippen molar-refractivity contribution in [3.8, 4) is 16.9 Å². The molecule has 6 heteroatoms. The molecule has 0 bridgehead atoms. The zero-order valence-electron chi connectivity index (χ0n) is 19.9. The molecule has 0 aliphatic rings. The molecular formula is C26H33FN4O. The van der Waals surface area contributed by atoms with Crippen LogP contribution in [0.3, 0.4) is 0 Å². The molecular weight excluding hydrogens is 403 g/mol. The highest BCUT2D eigenvalue weighted by atomic mass is 19.1. The van der Waals surface area contributed by atoms with E-state index in [1.807, 2.05) is 59.5 Å². The number of halogens is 1. The number of nitrogens with one attached hydrogen (secondary N) is 1. The molecule has 1 atom stereocenters. The van der Waals surface area contributed by atoms with Crippen molar-refractivity contribution in [2.75, 3.05) is 27.7 Å². The smallest absolute Gasteiger partial charge is 0.136 e. The molecule has 0 aliphatic carbocycles. The van der Waals surface area contributed by atoms with Crippen molar-refractivity contribution in [1.82, 2.24) is 19.6 Å². The van der Waals surface area contributed by atoms with E-state index in [9.17, 15) is 4.39 Å². The summed E-state index contributed by atoms with van der Waals surface area (Å²) in [6.07, 6.45) is 3.92. The van der Waals surface area contributed by atoms with Crippen LogP contribution in [0.15, 0.2) is 66.1 Å². The Hall–Kier alpha value is -3.12. The van der Waals surface area contributed by atoms with Crippen LogP contribution in [-0.2, 0) is 6.54 Å². The minimum absolute atomic E-state index is 0.0962. The van der Waals surface area contributed by atoms with Crippen LogP contribution in [0.2, 0.25) is 0 Å². The molecule has 1 N–H and O–H groups in total. The first-order chi connectivity index (χ1) is 15.2. The second kappa shape index (κ2) is 10.0. The number of aromatic nitrogens is 2. The lowest BCUT2D eigenvalue weighted by Crippen LogP contribution is -2.17. The molecule has 1 aromatic carbocycles. The van der Waals surface area contributed by atoms with Gasteiger partial charge < -0.3 is 19.4 Å². The monoisotopic (exact) mass is 436 g/mol. The van der Waals surface area contributed by atoms with Crippen LogP contribution < -0.4 is 10.1 Å². The second-order valence-electron chi connectivity index (χ2n) is 8.55. The standard InChI is InChI=1S/C26H33FN4O/c1-17(2)26(19(4)28-5)18(3)16-32-24-12-21(27)9-10-23(24)20-8-11-25-29-13-22(15-30(6)7)31(25)14-20/h8-14,18,28H,1,15-16H2,2-7H3/b26-19+/t18-/m0/s1. The lowest BCUT2D eigenvalue weighted by molar-refractivity contribution is 0.279. The summed E-state index contributed by atoms with van der Waals surface area (Å²) >= 11 is 0. The highest BCUT2D eigenvalue weighted by Crippen LogP contribution is 2.32. The SMILES string of the molecule is C=C(C)/C(=C(/C)NC)[C@@H](C)COc1cc(F)ccc1-c1ccc2ncc(CN(C)C)n2c1. The Bertz CT molecular complexity index is 1150. The van der Waals surface area contributed by atoms with Gasteiger partial charge in [-0.15, -0.1) is 0 Å². The fourth-order valence-electron chi connectivity index (χ4n) is 4.03. The molecule has 0 radical (unpaired) electrons. The topological polar surface area (TPSA) is 41.8 Å². The van der Waals surface area contributed by atoms with Crippen molar-refractivity contribution in [1.29, 1.82) is 0 Å². The zero-order chi connectivity index (χ0) is 23.4. The first kappa shape index (κ1) is 23.5. The van der Waals surface area contributed by atoms with Crippen molar-refractivity contribution in [2.24, 2.45) is 5.92 Å². The summed E-state index contributed by atoms with van der Waals surface area (Å²) < 4.78 is 22.4. The number of benzene rings is 1. The summed E-state index contributed by atoms with van der Waals surface area (Å²) in [5.41, 5.74) is 6.93. The number of imidazole rings is 1.